The van der Waals surface area contributed by atoms with Gasteiger partial charge in [0.05, 0.1) is 0 Å². The van der Waals surface area contributed by atoms with Crippen LogP contribution in [0.5, 0.6) is 0 Å². The minimum absolute atomic E-state index is 0.0733. The largest absolute Gasteiger partial charge is 0.462 e. The Morgan fingerprint density at radius 2 is 0.507 bits per heavy atom. The van der Waals surface area contributed by atoms with Crippen LogP contribution in [0.15, 0.2) is 48.6 Å². The molecule has 0 bridgehead atoms. The van der Waals surface area contributed by atoms with Crippen LogP contribution in [0.3, 0.4) is 0 Å². The second-order valence-corrected chi connectivity index (χ2v) is 21.0. The third-order valence-corrected chi connectivity index (χ3v) is 13.8. The quantitative estimate of drug-likeness (QED) is 0.0261. The molecule has 0 amide bonds. The topological polar surface area (TPSA) is 78.9 Å². The summed E-state index contributed by atoms with van der Waals surface area (Å²) in [6, 6.07) is 0. The van der Waals surface area contributed by atoms with Crippen molar-refractivity contribution in [2.45, 2.75) is 335 Å². The van der Waals surface area contributed by atoms with Gasteiger partial charge in [-0.1, -0.05) is 275 Å². The van der Waals surface area contributed by atoms with E-state index in [1.165, 1.54) is 205 Å². The monoisotopic (exact) mass is 995 g/mol. The number of unbranched alkanes of at least 4 members (excludes halogenated alkanes) is 38. The van der Waals surface area contributed by atoms with Crippen LogP contribution < -0.4 is 0 Å². The highest BCUT2D eigenvalue weighted by Gasteiger charge is 2.19. The number of carbonyl (C=O) groups is 3. The van der Waals surface area contributed by atoms with Crippen molar-refractivity contribution in [2.24, 2.45) is 0 Å². The highest BCUT2D eigenvalue weighted by atomic mass is 16.6. The Labute approximate surface area is 441 Å². The Morgan fingerprint density at radius 3 is 0.803 bits per heavy atom. The summed E-state index contributed by atoms with van der Waals surface area (Å²) in [5, 5.41) is 0. The van der Waals surface area contributed by atoms with Crippen molar-refractivity contribution >= 4 is 17.9 Å². The first-order valence-corrected chi connectivity index (χ1v) is 31.1. The third-order valence-electron chi connectivity index (χ3n) is 13.8. The maximum absolute atomic E-state index is 12.8. The van der Waals surface area contributed by atoms with Crippen molar-refractivity contribution in [3.8, 4) is 0 Å². The van der Waals surface area contributed by atoms with Gasteiger partial charge in [0.15, 0.2) is 6.10 Å². The molecule has 6 nitrogen and oxygen atoms in total. The molecule has 0 spiro atoms. The lowest BCUT2D eigenvalue weighted by Crippen LogP contribution is -2.30. The van der Waals surface area contributed by atoms with Crippen molar-refractivity contribution in [1.29, 1.82) is 0 Å². The average Bonchev–Trinajstić information content (AvgIpc) is 3.37. The number of hydrogen-bond donors (Lipinski definition) is 0. The molecule has 0 rings (SSSR count). The van der Waals surface area contributed by atoms with Crippen molar-refractivity contribution < 1.29 is 28.6 Å². The summed E-state index contributed by atoms with van der Waals surface area (Å²) < 4.78 is 16.7. The van der Waals surface area contributed by atoms with Crippen molar-refractivity contribution in [3.05, 3.63) is 48.6 Å². The second-order valence-electron chi connectivity index (χ2n) is 21.0. The smallest absolute Gasteiger partial charge is 0.306 e. The van der Waals surface area contributed by atoms with Gasteiger partial charge in [-0.15, -0.1) is 0 Å². The normalized spacial score (nSPS) is 12.3. The molecule has 0 radical (unpaired) electrons. The van der Waals surface area contributed by atoms with Gasteiger partial charge < -0.3 is 14.2 Å². The Hall–Kier alpha value is -2.63. The minimum Gasteiger partial charge on any atom is -0.462 e. The molecule has 0 aromatic heterocycles. The zero-order valence-corrected chi connectivity index (χ0v) is 47.5. The molecular formula is C65H118O6. The Balaban J connectivity index is 3.94. The van der Waals surface area contributed by atoms with Gasteiger partial charge in [0.1, 0.15) is 13.2 Å². The highest BCUT2D eigenvalue weighted by Crippen LogP contribution is 2.17. The third kappa shape index (κ3) is 58.1. The average molecular weight is 996 g/mol. The van der Waals surface area contributed by atoms with E-state index in [1.54, 1.807) is 0 Å². The summed E-state index contributed by atoms with van der Waals surface area (Å²) in [4.78, 5) is 37.8. The van der Waals surface area contributed by atoms with E-state index in [2.05, 4.69) is 69.4 Å². The van der Waals surface area contributed by atoms with Gasteiger partial charge in [-0.25, -0.2) is 0 Å². The van der Waals surface area contributed by atoms with Crippen LogP contribution in [0.25, 0.3) is 0 Å². The summed E-state index contributed by atoms with van der Waals surface area (Å²) in [6.45, 7) is 6.55. The lowest BCUT2D eigenvalue weighted by atomic mass is 10.0. The van der Waals surface area contributed by atoms with Gasteiger partial charge in [-0.2, -0.15) is 0 Å². The molecule has 0 heterocycles. The molecule has 0 fully saturated rings. The van der Waals surface area contributed by atoms with Crippen LogP contribution in [-0.4, -0.2) is 37.2 Å². The van der Waals surface area contributed by atoms with Crippen molar-refractivity contribution in [3.63, 3.8) is 0 Å². The Morgan fingerprint density at radius 1 is 0.282 bits per heavy atom. The van der Waals surface area contributed by atoms with Gasteiger partial charge in [0.25, 0.3) is 0 Å². The van der Waals surface area contributed by atoms with Crippen molar-refractivity contribution in [2.75, 3.05) is 13.2 Å². The van der Waals surface area contributed by atoms with Crippen LogP contribution in [0.2, 0.25) is 0 Å². The number of hydrogen-bond acceptors (Lipinski definition) is 6. The number of rotatable bonds is 57. The van der Waals surface area contributed by atoms with Crippen LogP contribution in [0.1, 0.15) is 329 Å². The molecule has 71 heavy (non-hydrogen) atoms. The molecule has 1 atom stereocenters. The lowest BCUT2D eigenvalue weighted by Gasteiger charge is -2.18. The zero-order chi connectivity index (χ0) is 51.4. The summed E-state index contributed by atoms with van der Waals surface area (Å²) in [5.74, 6) is -0.881. The van der Waals surface area contributed by atoms with E-state index in [9.17, 15) is 14.4 Å². The van der Waals surface area contributed by atoms with E-state index < -0.39 is 6.10 Å². The number of allylic oxidation sites excluding steroid dienone is 8. The molecule has 0 aromatic carbocycles. The van der Waals surface area contributed by atoms with Gasteiger partial charge >= 0.3 is 17.9 Å². The van der Waals surface area contributed by atoms with E-state index in [-0.39, 0.29) is 31.1 Å². The van der Waals surface area contributed by atoms with E-state index in [0.717, 1.165) is 83.5 Å². The number of ether oxygens (including phenoxy) is 3. The number of esters is 3. The van der Waals surface area contributed by atoms with Crippen LogP contribution >= 0.6 is 0 Å². The lowest BCUT2D eigenvalue weighted by molar-refractivity contribution is -0.167. The molecule has 0 aliphatic carbocycles. The van der Waals surface area contributed by atoms with E-state index >= 15 is 0 Å². The molecule has 0 saturated carbocycles. The first kappa shape index (κ1) is 68.4. The molecule has 0 aromatic rings. The standard InChI is InChI=1S/C65H118O6/c1-4-7-10-13-15-17-19-21-23-25-26-27-28-29-30-31-32-33-34-35-36-37-38-40-41-43-45-47-49-52-55-58-64(67)70-61-62(60-69-63(66)57-54-51-12-9-6-3)71-65(68)59-56-53-50-48-46-44-42-39-24-22-20-18-16-14-11-8-5-2/h16,18-19,21-22,24-26,62H,4-15,17,20,23,27-61H2,1-3H3/b18-16-,21-19-,24-22-,26-25-. The predicted molar refractivity (Wildman–Crippen MR) is 307 cm³/mol. The molecule has 6 heteroatoms. The molecular weight excluding hydrogens is 877 g/mol. The fraction of sp³-hybridized carbons (Fsp3) is 0.831. The van der Waals surface area contributed by atoms with Crippen LogP contribution in [0.4, 0.5) is 0 Å². The fourth-order valence-electron chi connectivity index (χ4n) is 9.09. The maximum Gasteiger partial charge on any atom is 0.306 e. The van der Waals surface area contributed by atoms with E-state index in [1.807, 2.05) is 0 Å². The van der Waals surface area contributed by atoms with Crippen LogP contribution in [-0.2, 0) is 28.6 Å². The first-order chi connectivity index (χ1) is 35.0. The molecule has 0 aliphatic rings. The second kappa shape index (κ2) is 59.9. The Bertz CT molecular complexity index is 1230. The summed E-state index contributed by atoms with van der Waals surface area (Å²) >= 11 is 0. The number of carbonyl (C=O) groups excluding carboxylic acids is 3. The summed E-state index contributed by atoms with van der Waals surface area (Å²) in [6.07, 6.45) is 74.6. The van der Waals surface area contributed by atoms with E-state index in [0.29, 0.717) is 19.3 Å². The minimum atomic E-state index is -0.771. The fourth-order valence-corrected chi connectivity index (χ4v) is 9.09. The van der Waals surface area contributed by atoms with Gasteiger partial charge in [0.2, 0.25) is 0 Å². The predicted octanol–water partition coefficient (Wildman–Crippen LogP) is 21.0. The van der Waals surface area contributed by atoms with Crippen molar-refractivity contribution in [1.82, 2.24) is 0 Å². The molecule has 1 unspecified atom stereocenters. The van der Waals surface area contributed by atoms with Crippen LogP contribution in [0, 0.1) is 0 Å². The molecule has 414 valence electrons. The van der Waals surface area contributed by atoms with Gasteiger partial charge in [-0.3, -0.25) is 14.4 Å². The summed E-state index contributed by atoms with van der Waals surface area (Å²) in [5.41, 5.74) is 0. The maximum atomic E-state index is 12.8. The zero-order valence-electron chi connectivity index (χ0n) is 47.5. The van der Waals surface area contributed by atoms with Gasteiger partial charge in [-0.05, 0) is 83.5 Å². The molecule has 0 aliphatic heterocycles. The summed E-state index contributed by atoms with van der Waals surface area (Å²) in [7, 11) is 0. The highest BCUT2D eigenvalue weighted by molar-refractivity contribution is 5.71. The Kier molecular flexibility index (Phi) is 57.7. The SMILES string of the molecule is CCCCC/C=C\C/C=C\CCCCCCCCCC(=O)OC(COC(=O)CCCCCCC)COC(=O)CCCCCCCCCCCCCCCCCCCCC/C=C\C/C=C\CCCCCCC. The molecule has 0 saturated heterocycles. The first-order valence-electron chi connectivity index (χ1n) is 31.1. The molecule has 0 N–H and O–H groups in total. The van der Waals surface area contributed by atoms with E-state index in [4.69, 9.17) is 14.2 Å². The van der Waals surface area contributed by atoms with Gasteiger partial charge in [0, 0.05) is 19.3 Å².